The van der Waals surface area contributed by atoms with Crippen molar-refractivity contribution in [2.24, 2.45) is 0 Å². The van der Waals surface area contributed by atoms with Crippen molar-refractivity contribution in [3.05, 3.63) is 78.1 Å². The van der Waals surface area contributed by atoms with Crippen molar-refractivity contribution >= 4 is 0 Å². The Balaban J connectivity index is 1.25. The molecule has 0 unspecified atom stereocenters. The van der Waals surface area contributed by atoms with Crippen LogP contribution in [-0.4, -0.2) is 29.9 Å². The highest BCUT2D eigenvalue weighted by atomic mass is 16.5. The van der Waals surface area contributed by atoms with E-state index in [1.807, 2.05) is 36.4 Å². The van der Waals surface area contributed by atoms with Crippen LogP contribution in [0.25, 0.3) is 11.4 Å². The van der Waals surface area contributed by atoms with Crippen LogP contribution in [0.3, 0.4) is 0 Å². The van der Waals surface area contributed by atoms with Gasteiger partial charge in [-0.25, -0.2) is 14.6 Å². The number of H-pyrrole nitrogens is 1. The molecular formula is C23H22N6O. The molecule has 0 bridgehead atoms. The van der Waals surface area contributed by atoms with Crippen molar-refractivity contribution in [2.45, 2.75) is 43.7 Å². The van der Waals surface area contributed by atoms with Crippen LogP contribution in [0.1, 0.15) is 54.4 Å². The van der Waals surface area contributed by atoms with Gasteiger partial charge in [0.25, 0.3) is 0 Å². The molecule has 150 valence electrons. The van der Waals surface area contributed by atoms with E-state index >= 15 is 0 Å². The molecular weight excluding hydrogens is 376 g/mol. The molecule has 0 radical (unpaired) electrons. The van der Waals surface area contributed by atoms with E-state index in [1.165, 1.54) is 12.8 Å². The number of nitrogens with one attached hydrogen (secondary N) is 1. The van der Waals surface area contributed by atoms with Crippen LogP contribution in [0.5, 0.6) is 5.75 Å². The molecule has 2 atom stereocenters. The molecule has 2 saturated carbocycles. The second-order valence-electron chi connectivity index (χ2n) is 8.09. The second kappa shape index (κ2) is 7.09. The van der Waals surface area contributed by atoms with Gasteiger partial charge in [0, 0.05) is 17.4 Å². The molecule has 0 amide bonds. The normalized spacial score (nSPS) is 20.3. The fourth-order valence-electron chi connectivity index (χ4n) is 3.96. The van der Waals surface area contributed by atoms with Crippen LogP contribution >= 0.6 is 0 Å². The van der Waals surface area contributed by atoms with Crippen LogP contribution in [0.15, 0.2) is 60.9 Å². The summed E-state index contributed by atoms with van der Waals surface area (Å²) in [5, 5.41) is 11.9. The van der Waals surface area contributed by atoms with E-state index in [4.69, 9.17) is 14.8 Å². The highest BCUT2D eigenvalue weighted by molar-refractivity contribution is 5.56. The van der Waals surface area contributed by atoms with E-state index in [1.54, 1.807) is 6.33 Å². The summed E-state index contributed by atoms with van der Waals surface area (Å²) in [6.07, 6.45) is 4.98. The van der Waals surface area contributed by atoms with Crippen molar-refractivity contribution < 1.29 is 4.74 Å². The minimum Gasteiger partial charge on any atom is -0.489 e. The van der Waals surface area contributed by atoms with Crippen molar-refractivity contribution in [2.75, 3.05) is 0 Å². The van der Waals surface area contributed by atoms with Gasteiger partial charge in [-0.2, -0.15) is 10.2 Å². The van der Waals surface area contributed by atoms with E-state index in [0.717, 1.165) is 40.8 Å². The summed E-state index contributed by atoms with van der Waals surface area (Å²) in [6, 6.07) is 18.7. The second-order valence-corrected chi connectivity index (χ2v) is 8.09. The van der Waals surface area contributed by atoms with Crippen LogP contribution in [0.2, 0.25) is 0 Å². The lowest BCUT2D eigenvalue weighted by Crippen LogP contribution is -2.03. The van der Waals surface area contributed by atoms with E-state index < -0.39 is 0 Å². The van der Waals surface area contributed by atoms with E-state index in [0.29, 0.717) is 24.5 Å². The molecule has 1 N–H and O–H groups in total. The van der Waals surface area contributed by atoms with Gasteiger partial charge in [0.15, 0.2) is 5.82 Å². The average molecular weight is 398 g/mol. The number of aromatic nitrogens is 6. The number of ether oxygens (including phenoxy) is 1. The summed E-state index contributed by atoms with van der Waals surface area (Å²) in [5.41, 5.74) is 2.13. The van der Waals surface area contributed by atoms with Crippen molar-refractivity contribution in [3.8, 4) is 17.1 Å². The minimum absolute atomic E-state index is 0.365. The van der Waals surface area contributed by atoms with Gasteiger partial charge in [-0.15, -0.1) is 0 Å². The Morgan fingerprint density at radius 3 is 2.73 bits per heavy atom. The van der Waals surface area contributed by atoms with Gasteiger partial charge < -0.3 is 4.74 Å². The third-order valence-electron chi connectivity index (χ3n) is 5.79. The number of hydrogen-bond donors (Lipinski definition) is 1. The first-order chi connectivity index (χ1) is 14.8. The molecule has 0 saturated heterocycles. The first-order valence-electron chi connectivity index (χ1n) is 10.4. The van der Waals surface area contributed by atoms with Crippen molar-refractivity contribution in [1.82, 2.24) is 29.9 Å². The Morgan fingerprint density at radius 1 is 1.03 bits per heavy atom. The maximum atomic E-state index is 5.90. The molecule has 0 spiro atoms. The standard InChI is InChI=1S/C23H22N6O/c1-2-7-18(8-3-1)30-13-15-5-4-6-16(11-15)21-26-23(29(28-21)17-9-10-17)20-12-19(20)22-24-14-25-27-22/h1-8,11,14,17,19-20H,9-10,12-13H2,(H,24,25,27)/t19-,20+/m0/s1. The molecule has 2 aromatic carbocycles. The van der Waals surface area contributed by atoms with Gasteiger partial charge in [0.1, 0.15) is 30.3 Å². The lowest BCUT2D eigenvalue weighted by molar-refractivity contribution is 0.306. The average Bonchev–Trinajstić information content (AvgIpc) is 3.70. The predicted octanol–water partition coefficient (Wildman–Crippen LogP) is 4.25. The number of aromatic amines is 1. The molecule has 2 fully saturated rings. The number of benzene rings is 2. The topological polar surface area (TPSA) is 81.5 Å². The van der Waals surface area contributed by atoms with Gasteiger partial charge in [0.2, 0.25) is 0 Å². The summed E-state index contributed by atoms with van der Waals surface area (Å²) < 4.78 is 8.06. The molecule has 2 aliphatic carbocycles. The quantitative estimate of drug-likeness (QED) is 0.503. The molecule has 0 aliphatic heterocycles. The number of hydrogen-bond acceptors (Lipinski definition) is 5. The number of rotatable bonds is 7. The van der Waals surface area contributed by atoms with Crippen LogP contribution < -0.4 is 4.74 Å². The van der Waals surface area contributed by atoms with Crippen molar-refractivity contribution in [3.63, 3.8) is 0 Å². The summed E-state index contributed by atoms with van der Waals surface area (Å²) >= 11 is 0. The Hall–Kier alpha value is -3.48. The number of nitrogens with zero attached hydrogens (tertiary/aromatic N) is 5. The molecule has 4 aromatic rings. The van der Waals surface area contributed by atoms with Crippen LogP contribution in [0.4, 0.5) is 0 Å². The summed E-state index contributed by atoms with van der Waals surface area (Å²) in [4.78, 5) is 9.30. The third-order valence-corrected chi connectivity index (χ3v) is 5.79. The van der Waals surface area contributed by atoms with E-state index in [-0.39, 0.29) is 0 Å². The molecule has 2 aliphatic rings. The molecule has 2 heterocycles. The predicted molar refractivity (Wildman–Crippen MR) is 111 cm³/mol. The zero-order chi connectivity index (χ0) is 19.9. The highest BCUT2D eigenvalue weighted by Gasteiger charge is 2.46. The van der Waals surface area contributed by atoms with Crippen LogP contribution in [0, 0.1) is 0 Å². The lowest BCUT2D eigenvalue weighted by atomic mass is 10.1. The Morgan fingerprint density at radius 2 is 1.93 bits per heavy atom. The molecule has 7 nitrogen and oxygen atoms in total. The highest BCUT2D eigenvalue weighted by Crippen LogP contribution is 2.54. The Kier molecular flexibility index (Phi) is 4.11. The van der Waals surface area contributed by atoms with Gasteiger partial charge in [-0.3, -0.25) is 5.10 Å². The zero-order valence-corrected chi connectivity index (χ0v) is 16.5. The largest absolute Gasteiger partial charge is 0.489 e. The van der Waals surface area contributed by atoms with E-state index in [9.17, 15) is 0 Å². The monoisotopic (exact) mass is 398 g/mol. The number of para-hydroxylation sites is 1. The summed E-state index contributed by atoms with van der Waals surface area (Å²) in [7, 11) is 0. The molecule has 6 rings (SSSR count). The fourth-order valence-corrected chi connectivity index (χ4v) is 3.96. The lowest BCUT2D eigenvalue weighted by Gasteiger charge is -2.06. The smallest absolute Gasteiger partial charge is 0.181 e. The SMILES string of the molecule is c1ccc(OCc2cccc(-c3nc([C@@H]4C[C@@H]4c4ncn[nH]4)n(C4CC4)n3)c2)cc1. The summed E-state index contributed by atoms with van der Waals surface area (Å²) in [5.74, 6) is 4.43. The van der Waals surface area contributed by atoms with Gasteiger partial charge in [0.05, 0.1) is 6.04 Å². The maximum absolute atomic E-state index is 5.90. The Labute approximate surface area is 174 Å². The van der Waals surface area contributed by atoms with Crippen molar-refractivity contribution in [1.29, 1.82) is 0 Å². The van der Waals surface area contributed by atoms with Gasteiger partial charge in [-0.1, -0.05) is 36.4 Å². The molecule has 2 aromatic heterocycles. The first kappa shape index (κ1) is 17.4. The van der Waals surface area contributed by atoms with Gasteiger partial charge in [-0.05, 0) is 43.0 Å². The third kappa shape index (κ3) is 3.36. The zero-order valence-electron chi connectivity index (χ0n) is 16.5. The maximum Gasteiger partial charge on any atom is 0.181 e. The summed E-state index contributed by atoms with van der Waals surface area (Å²) in [6.45, 7) is 0.518. The fraction of sp³-hybridized carbons (Fsp3) is 0.304. The Bertz CT molecular complexity index is 1150. The molecule has 30 heavy (non-hydrogen) atoms. The van der Waals surface area contributed by atoms with Gasteiger partial charge >= 0.3 is 0 Å². The molecule has 7 heteroatoms. The first-order valence-corrected chi connectivity index (χ1v) is 10.4. The minimum atomic E-state index is 0.365. The van der Waals surface area contributed by atoms with Crippen LogP contribution in [-0.2, 0) is 6.61 Å². The van der Waals surface area contributed by atoms with E-state index in [2.05, 4.69) is 38.1 Å².